The van der Waals surface area contributed by atoms with Crippen LogP contribution in [0.15, 0.2) is 18.2 Å². The normalized spacial score (nSPS) is 18.0. The fraction of sp³-hybridized carbons (Fsp3) is 0.533. The number of hydrogen-bond donors (Lipinski definition) is 2. The molecule has 1 heterocycles. The number of ether oxygens (including phenoxy) is 1. The number of amides is 1. The maximum absolute atomic E-state index is 13.8. The summed E-state index contributed by atoms with van der Waals surface area (Å²) < 4.78 is 19.2. The highest BCUT2D eigenvalue weighted by Crippen LogP contribution is 2.19. The number of benzene rings is 1. The third-order valence-electron chi connectivity index (χ3n) is 3.10. The molecule has 1 unspecified atom stereocenters. The molecule has 0 bridgehead atoms. The van der Waals surface area contributed by atoms with Gasteiger partial charge in [-0.05, 0) is 38.0 Å². The van der Waals surface area contributed by atoms with E-state index in [0.717, 1.165) is 17.2 Å². The number of carbonyl (C=O) groups is 1. The number of nitrogens with one attached hydrogen (secondary N) is 2. The van der Waals surface area contributed by atoms with Crippen LogP contribution in [0, 0.1) is 5.82 Å². The van der Waals surface area contributed by atoms with E-state index in [1.54, 1.807) is 17.8 Å². The van der Waals surface area contributed by atoms with Crippen LogP contribution in [0.1, 0.15) is 19.4 Å². The Morgan fingerprint density at radius 3 is 3.00 bits per heavy atom. The van der Waals surface area contributed by atoms with Gasteiger partial charge in [0, 0.05) is 18.2 Å². The van der Waals surface area contributed by atoms with Gasteiger partial charge < -0.3 is 10.1 Å². The average Bonchev–Trinajstić information content (AvgIpc) is 2.95. The van der Waals surface area contributed by atoms with Crippen LogP contribution in [0.25, 0.3) is 0 Å². The Kier molecular flexibility index (Phi) is 5.87. The van der Waals surface area contributed by atoms with Gasteiger partial charge in [-0.1, -0.05) is 6.07 Å². The molecule has 4 nitrogen and oxygen atoms in total. The number of thioether (sulfide) groups is 1. The summed E-state index contributed by atoms with van der Waals surface area (Å²) in [4.78, 5) is 11.8. The Hall–Kier alpha value is -1.27. The summed E-state index contributed by atoms with van der Waals surface area (Å²) in [7, 11) is 0. The third kappa shape index (κ3) is 4.89. The van der Waals surface area contributed by atoms with E-state index in [0.29, 0.717) is 13.0 Å². The molecule has 1 aliphatic rings. The lowest BCUT2D eigenvalue weighted by Crippen LogP contribution is -2.42. The Labute approximate surface area is 128 Å². The minimum absolute atomic E-state index is 0.0141. The van der Waals surface area contributed by atoms with E-state index in [1.165, 1.54) is 6.07 Å². The number of halogens is 1. The van der Waals surface area contributed by atoms with Crippen molar-refractivity contribution < 1.29 is 13.9 Å². The van der Waals surface area contributed by atoms with Crippen LogP contribution >= 0.6 is 11.8 Å². The predicted octanol–water partition coefficient (Wildman–Crippen LogP) is 1.93. The lowest BCUT2D eigenvalue weighted by Gasteiger charge is -2.12. The number of hydrogen-bond acceptors (Lipinski definition) is 4. The summed E-state index contributed by atoms with van der Waals surface area (Å²) in [6, 6.07) is 4.83. The lowest BCUT2D eigenvalue weighted by molar-refractivity contribution is -0.122. The Bertz CT molecular complexity index is 491. The molecular weight excluding hydrogens is 291 g/mol. The fourth-order valence-electron chi connectivity index (χ4n) is 2.07. The van der Waals surface area contributed by atoms with Gasteiger partial charge in [-0.3, -0.25) is 10.1 Å². The standard InChI is InChI=1S/C15H21FN2O2S/c1-10(2)20-14-4-3-11(7-12(14)16)5-6-17-15(19)13-8-21-9-18-13/h3-4,7,10,13,18H,5-6,8-9H2,1-2H3,(H,17,19). The molecule has 6 heteroatoms. The topological polar surface area (TPSA) is 50.4 Å². The Morgan fingerprint density at radius 1 is 1.57 bits per heavy atom. The second kappa shape index (κ2) is 7.66. The summed E-state index contributed by atoms with van der Waals surface area (Å²) in [6.07, 6.45) is 0.547. The zero-order valence-corrected chi connectivity index (χ0v) is 13.1. The highest BCUT2D eigenvalue weighted by atomic mass is 32.2. The molecule has 1 aromatic rings. The van der Waals surface area contributed by atoms with Crippen molar-refractivity contribution in [2.24, 2.45) is 0 Å². The molecule has 2 rings (SSSR count). The molecule has 21 heavy (non-hydrogen) atoms. The van der Waals surface area contributed by atoms with Gasteiger partial charge in [-0.25, -0.2) is 4.39 Å². The van der Waals surface area contributed by atoms with Crippen LogP contribution < -0.4 is 15.4 Å². The van der Waals surface area contributed by atoms with E-state index in [-0.39, 0.29) is 29.6 Å². The molecule has 116 valence electrons. The molecule has 0 aliphatic carbocycles. The van der Waals surface area contributed by atoms with Crippen molar-refractivity contribution in [1.29, 1.82) is 0 Å². The quantitative estimate of drug-likeness (QED) is 0.843. The molecule has 1 aromatic carbocycles. The lowest BCUT2D eigenvalue weighted by atomic mass is 10.1. The zero-order valence-electron chi connectivity index (χ0n) is 12.3. The summed E-state index contributed by atoms with van der Waals surface area (Å²) in [5, 5.41) is 5.99. The molecule has 2 N–H and O–H groups in total. The van der Waals surface area contributed by atoms with Crippen molar-refractivity contribution in [3.63, 3.8) is 0 Å². The van der Waals surface area contributed by atoms with Crippen molar-refractivity contribution in [2.75, 3.05) is 18.2 Å². The molecular formula is C15H21FN2O2S. The largest absolute Gasteiger partial charge is 0.488 e. The summed E-state index contributed by atoms with van der Waals surface area (Å²) in [5.74, 6) is 1.55. The summed E-state index contributed by atoms with van der Waals surface area (Å²) in [6.45, 7) is 4.22. The summed E-state index contributed by atoms with van der Waals surface area (Å²) >= 11 is 1.71. The maximum atomic E-state index is 13.8. The molecule has 1 aliphatic heterocycles. The van der Waals surface area contributed by atoms with E-state index < -0.39 is 0 Å². The SMILES string of the molecule is CC(C)Oc1ccc(CCNC(=O)C2CSCN2)cc1F. The van der Waals surface area contributed by atoms with Crippen LogP contribution in [0.4, 0.5) is 4.39 Å². The van der Waals surface area contributed by atoms with Crippen molar-refractivity contribution >= 4 is 17.7 Å². The molecule has 0 saturated carbocycles. The second-order valence-corrected chi connectivity index (χ2v) is 6.27. The van der Waals surface area contributed by atoms with Crippen molar-refractivity contribution in [2.45, 2.75) is 32.4 Å². The first-order chi connectivity index (χ1) is 10.1. The highest BCUT2D eigenvalue weighted by molar-refractivity contribution is 7.99. The summed E-state index contributed by atoms with van der Waals surface area (Å²) in [5.41, 5.74) is 0.845. The minimum atomic E-state index is -0.360. The monoisotopic (exact) mass is 312 g/mol. The first kappa shape index (κ1) is 16.1. The van der Waals surface area contributed by atoms with Crippen LogP contribution in [0.2, 0.25) is 0 Å². The Balaban J connectivity index is 1.80. The third-order valence-corrected chi connectivity index (χ3v) is 4.04. The van der Waals surface area contributed by atoms with Crippen LogP contribution in [-0.2, 0) is 11.2 Å². The molecule has 0 spiro atoms. The first-order valence-corrected chi connectivity index (χ1v) is 8.25. The zero-order chi connectivity index (χ0) is 15.2. The van der Waals surface area contributed by atoms with E-state index in [1.807, 2.05) is 19.9 Å². The van der Waals surface area contributed by atoms with Crippen LogP contribution in [-0.4, -0.2) is 36.2 Å². The van der Waals surface area contributed by atoms with Crippen molar-refractivity contribution in [3.8, 4) is 5.75 Å². The number of rotatable bonds is 6. The molecule has 1 saturated heterocycles. The van der Waals surface area contributed by atoms with E-state index in [9.17, 15) is 9.18 Å². The first-order valence-electron chi connectivity index (χ1n) is 7.10. The van der Waals surface area contributed by atoms with Gasteiger partial charge in [-0.15, -0.1) is 11.8 Å². The smallest absolute Gasteiger partial charge is 0.238 e. The van der Waals surface area contributed by atoms with E-state index >= 15 is 0 Å². The Morgan fingerprint density at radius 2 is 2.38 bits per heavy atom. The van der Waals surface area contributed by atoms with Crippen LogP contribution in [0.5, 0.6) is 5.75 Å². The molecule has 1 fully saturated rings. The predicted molar refractivity (Wildman–Crippen MR) is 83.1 cm³/mol. The van der Waals surface area contributed by atoms with Gasteiger partial charge in [-0.2, -0.15) is 0 Å². The van der Waals surface area contributed by atoms with E-state index in [2.05, 4.69) is 10.6 Å². The maximum Gasteiger partial charge on any atom is 0.238 e. The van der Waals surface area contributed by atoms with Crippen LogP contribution in [0.3, 0.4) is 0 Å². The van der Waals surface area contributed by atoms with Crippen molar-refractivity contribution in [1.82, 2.24) is 10.6 Å². The molecule has 1 amide bonds. The van der Waals surface area contributed by atoms with Gasteiger partial charge in [0.25, 0.3) is 0 Å². The van der Waals surface area contributed by atoms with Gasteiger partial charge in [0.2, 0.25) is 5.91 Å². The van der Waals surface area contributed by atoms with Gasteiger partial charge >= 0.3 is 0 Å². The fourth-order valence-corrected chi connectivity index (χ4v) is 3.01. The molecule has 0 radical (unpaired) electrons. The molecule has 0 aromatic heterocycles. The minimum Gasteiger partial charge on any atom is -0.488 e. The van der Waals surface area contributed by atoms with Gasteiger partial charge in [0.15, 0.2) is 11.6 Å². The molecule has 1 atom stereocenters. The van der Waals surface area contributed by atoms with Gasteiger partial charge in [0.05, 0.1) is 12.1 Å². The highest BCUT2D eigenvalue weighted by Gasteiger charge is 2.21. The van der Waals surface area contributed by atoms with E-state index in [4.69, 9.17) is 4.74 Å². The second-order valence-electron chi connectivity index (χ2n) is 5.24. The van der Waals surface area contributed by atoms with Gasteiger partial charge in [0.1, 0.15) is 0 Å². The average molecular weight is 312 g/mol. The van der Waals surface area contributed by atoms with Crippen molar-refractivity contribution in [3.05, 3.63) is 29.6 Å². The number of carbonyl (C=O) groups excluding carboxylic acids is 1.